The molecule has 0 aliphatic rings. The number of ketones is 1. The third kappa shape index (κ3) is 3.46. The molecule has 3 nitrogen and oxygen atoms in total. The summed E-state index contributed by atoms with van der Waals surface area (Å²) in [7, 11) is 0. The number of aromatic nitrogens is 2. The maximum Gasteiger partial charge on any atom is 0.159 e. The van der Waals surface area contributed by atoms with Gasteiger partial charge in [-0.15, -0.1) is 11.8 Å². The van der Waals surface area contributed by atoms with Crippen molar-refractivity contribution in [2.24, 2.45) is 0 Å². The lowest BCUT2D eigenvalue weighted by Crippen LogP contribution is -1.92. The van der Waals surface area contributed by atoms with Crippen molar-refractivity contribution in [1.82, 2.24) is 9.97 Å². The first-order valence-electron chi connectivity index (χ1n) is 5.47. The van der Waals surface area contributed by atoms with Gasteiger partial charge in [-0.05, 0) is 19.1 Å². The van der Waals surface area contributed by atoms with Gasteiger partial charge in [0.25, 0.3) is 0 Å². The monoisotopic (exact) mass is 246 g/mol. The molecule has 0 spiro atoms. The van der Waals surface area contributed by atoms with Crippen molar-refractivity contribution in [1.29, 1.82) is 0 Å². The number of benzene rings is 1. The standard InChI is InChI=1S/C13H14N2OS/c1-10(16)11-3-2-4-13(7-11)17-6-5-12-8-14-9-15-12/h2-4,7-9H,5-6H2,1H3,(H,14,15). The minimum absolute atomic E-state index is 0.111. The molecule has 1 N–H and O–H groups in total. The number of H-pyrrole nitrogens is 1. The summed E-state index contributed by atoms with van der Waals surface area (Å²) in [5, 5.41) is 0. The van der Waals surface area contributed by atoms with Gasteiger partial charge in [0.2, 0.25) is 0 Å². The minimum atomic E-state index is 0.111. The van der Waals surface area contributed by atoms with Crippen LogP contribution in [-0.4, -0.2) is 21.5 Å². The molecular weight excluding hydrogens is 232 g/mol. The van der Waals surface area contributed by atoms with E-state index in [9.17, 15) is 4.79 Å². The molecule has 0 unspecified atom stereocenters. The van der Waals surface area contributed by atoms with Crippen molar-refractivity contribution in [2.45, 2.75) is 18.2 Å². The van der Waals surface area contributed by atoms with E-state index in [-0.39, 0.29) is 5.78 Å². The van der Waals surface area contributed by atoms with Gasteiger partial charge in [-0.25, -0.2) is 4.98 Å². The van der Waals surface area contributed by atoms with E-state index in [4.69, 9.17) is 0 Å². The first kappa shape index (κ1) is 11.9. The molecule has 0 atom stereocenters. The number of Topliss-reactive ketones (excluding diaryl/α,β-unsaturated/α-hetero) is 1. The van der Waals surface area contributed by atoms with E-state index in [0.717, 1.165) is 28.3 Å². The number of rotatable bonds is 5. The second-order valence-corrected chi connectivity index (χ2v) is 4.91. The smallest absolute Gasteiger partial charge is 0.159 e. The number of aryl methyl sites for hydroxylation is 1. The van der Waals surface area contributed by atoms with Gasteiger partial charge in [0.05, 0.1) is 12.0 Å². The van der Waals surface area contributed by atoms with Crippen LogP contribution in [-0.2, 0) is 6.42 Å². The second kappa shape index (κ2) is 5.68. The number of carbonyl (C=O) groups excluding carboxylic acids is 1. The van der Waals surface area contributed by atoms with Crippen LogP contribution in [0.4, 0.5) is 0 Å². The van der Waals surface area contributed by atoms with Gasteiger partial charge in [0.15, 0.2) is 5.78 Å². The van der Waals surface area contributed by atoms with Gasteiger partial charge >= 0.3 is 0 Å². The lowest BCUT2D eigenvalue weighted by molar-refractivity contribution is 0.101. The molecule has 0 saturated heterocycles. The quantitative estimate of drug-likeness (QED) is 0.651. The first-order chi connectivity index (χ1) is 8.25. The predicted octanol–water partition coefficient (Wildman–Crippen LogP) is 2.95. The lowest BCUT2D eigenvalue weighted by atomic mass is 10.2. The maximum absolute atomic E-state index is 11.2. The highest BCUT2D eigenvalue weighted by atomic mass is 32.2. The van der Waals surface area contributed by atoms with Gasteiger partial charge in [-0.2, -0.15) is 0 Å². The molecule has 2 rings (SSSR count). The number of aromatic amines is 1. The van der Waals surface area contributed by atoms with E-state index in [2.05, 4.69) is 9.97 Å². The van der Waals surface area contributed by atoms with Crippen molar-refractivity contribution in [3.8, 4) is 0 Å². The molecule has 0 amide bonds. The van der Waals surface area contributed by atoms with Crippen molar-refractivity contribution < 1.29 is 4.79 Å². The van der Waals surface area contributed by atoms with Crippen molar-refractivity contribution in [3.05, 3.63) is 48.0 Å². The SMILES string of the molecule is CC(=O)c1cccc(SCCc2c[nH]cn2)c1. The number of nitrogens with one attached hydrogen (secondary N) is 1. The van der Waals surface area contributed by atoms with Crippen LogP contribution in [0.3, 0.4) is 0 Å². The summed E-state index contributed by atoms with van der Waals surface area (Å²) in [6.07, 6.45) is 4.53. The molecule has 2 aromatic rings. The fourth-order valence-electron chi connectivity index (χ4n) is 1.51. The van der Waals surface area contributed by atoms with Gasteiger partial charge in [-0.3, -0.25) is 4.79 Å². The molecule has 1 aromatic carbocycles. The molecule has 0 aliphatic carbocycles. The largest absolute Gasteiger partial charge is 0.351 e. The highest BCUT2D eigenvalue weighted by Crippen LogP contribution is 2.20. The van der Waals surface area contributed by atoms with Gasteiger partial charge < -0.3 is 4.98 Å². The summed E-state index contributed by atoms with van der Waals surface area (Å²) in [4.78, 5) is 19.5. The van der Waals surface area contributed by atoms with E-state index < -0.39 is 0 Å². The second-order valence-electron chi connectivity index (χ2n) is 3.74. The van der Waals surface area contributed by atoms with Crippen molar-refractivity contribution in [2.75, 3.05) is 5.75 Å². The molecule has 88 valence electrons. The molecule has 17 heavy (non-hydrogen) atoms. The normalized spacial score (nSPS) is 10.4. The Bertz CT molecular complexity index is 494. The molecule has 0 radical (unpaired) electrons. The Morgan fingerprint density at radius 3 is 3.06 bits per heavy atom. The summed E-state index contributed by atoms with van der Waals surface area (Å²) in [6.45, 7) is 1.59. The molecule has 0 saturated carbocycles. The zero-order valence-electron chi connectivity index (χ0n) is 9.64. The van der Waals surface area contributed by atoms with E-state index in [0.29, 0.717) is 0 Å². The van der Waals surface area contributed by atoms with Crippen LogP contribution >= 0.6 is 11.8 Å². The number of thioether (sulfide) groups is 1. The Morgan fingerprint density at radius 1 is 1.47 bits per heavy atom. The summed E-state index contributed by atoms with van der Waals surface area (Å²) in [5.41, 5.74) is 1.84. The zero-order chi connectivity index (χ0) is 12.1. The predicted molar refractivity (Wildman–Crippen MR) is 69.5 cm³/mol. The average Bonchev–Trinajstić information content (AvgIpc) is 2.82. The fraction of sp³-hybridized carbons (Fsp3) is 0.231. The number of imidazole rings is 1. The van der Waals surface area contributed by atoms with E-state index in [1.807, 2.05) is 30.5 Å². The molecule has 1 heterocycles. The van der Waals surface area contributed by atoms with E-state index in [1.54, 1.807) is 25.0 Å². The Kier molecular flexibility index (Phi) is 3.98. The summed E-state index contributed by atoms with van der Waals surface area (Å²) < 4.78 is 0. The molecule has 4 heteroatoms. The number of hydrogen-bond donors (Lipinski definition) is 1. The Morgan fingerprint density at radius 2 is 2.35 bits per heavy atom. The first-order valence-corrected chi connectivity index (χ1v) is 6.46. The summed E-state index contributed by atoms with van der Waals surface area (Å²) in [6, 6.07) is 7.74. The number of carbonyl (C=O) groups is 1. The van der Waals surface area contributed by atoms with Gasteiger partial charge in [0.1, 0.15) is 0 Å². The van der Waals surface area contributed by atoms with Crippen molar-refractivity contribution in [3.63, 3.8) is 0 Å². The third-order valence-corrected chi connectivity index (χ3v) is 3.42. The molecule has 0 bridgehead atoms. The van der Waals surface area contributed by atoms with Crippen LogP contribution in [0, 0.1) is 0 Å². The minimum Gasteiger partial charge on any atom is -0.351 e. The fourth-order valence-corrected chi connectivity index (χ4v) is 2.44. The van der Waals surface area contributed by atoms with Crippen LogP contribution in [0.15, 0.2) is 41.7 Å². The molecule has 1 aromatic heterocycles. The maximum atomic E-state index is 11.2. The Hall–Kier alpha value is -1.55. The third-order valence-electron chi connectivity index (χ3n) is 2.42. The number of nitrogens with zero attached hydrogens (tertiary/aromatic N) is 1. The number of hydrogen-bond acceptors (Lipinski definition) is 3. The molecular formula is C13H14N2OS. The van der Waals surface area contributed by atoms with E-state index >= 15 is 0 Å². The topological polar surface area (TPSA) is 45.8 Å². The van der Waals surface area contributed by atoms with Crippen molar-refractivity contribution >= 4 is 17.5 Å². The van der Waals surface area contributed by atoms with Crippen LogP contribution in [0.1, 0.15) is 23.0 Å². The summed E-state index contributed by atoms with van der Waals surface area (Å²) >= 11 is 1.74. The molecule has 0 fully saturated rings. The Balaban J connectivity index is 1.90. The zero-order valence-corrected chi connectivity index (χ0v) is 10.5. The van der Waals surface area contributed by atoms with Gasteiger partial charge in [-0.1, -0.05) is 12.1 Å². The van der Waals surface area contributed by atoms with E-state index in [1.165, 1.54) is 0 Å². The van der Waals surface area contributed by atoms with Gasteiger partial charge in [0, 0.05) is 28.8 Å². The van der Waals surface area contributed by atoms with Crippen LogP contribution in [0.25, 0.3) is 0 Å². The highest BCUT2D eigenvalue weighted by Gasteiger charge is 2.01. The Labute approximate surface area is 105 Å². The lowest BCUT2D eigenvalue weighted by Gasteiger charge is -2.02. The van der Waals surface area contributed by atoms with Crippen LogP contribution < -0.4 is 0 Å². The average molecular weight is 246 g/mol. The van der Waals surface area contributed by atoms with Crippen LogP contribution in [0.5, 0.6) is 0 Å². The summed E-state index contributed by atoms with van der Waals surface area (Å²) in [5.74, 6) is 1.08. The molecule has 0 aliphatic heterocycles. The van der Waals surface area contributed by atoms with Crippen LogP contribution in [0.2, 0.25) is 0 Å². The highest BCUT2D eigenvalue weighted by molar-refractivity contribution is 7.99.